The van der Waals surface area contributed by atoms with Gasteiger partial charge in [0.2, 0.25) is 5.91 Å². The second-order valence-electron chi connectivity index (χ2n) is 5.43. The third kappa shape index (κ3) is 3.70. The van der Waals surface area contributed by atoms with E-state index in [1.54, 1.807) is 6.20 Å². The molecule has 0 radical (unpaired) electrons. The summed E-state index contributed by atoms with van der Waals surface area (Å²) in [6, 6.07) is 9.86. The molecule has 5 nitrogen and oxygen atoms in total. The lowest BCUT2D eigenvalue weighted by atomic mass is 9.99. The zero-order valence-electron chi connectivity index (χ0n) is 12.0. The van der Waals surface area contributed by atoms with Crippen molar-refractivity contribution in [1.82, 2.24) is 15.1 Å². The Morgan fingerprint density at radius 1 is 1.38 bits per heavy atom. The highest BCUT2D eigenvalue weighted by molar-refractivity contribution is 5.92. The van der Waals surface area contributed by atoms with Gasteiger partial charge in [-0.3, -0.25) is 9.48 Å². The van der Waals surface area contributed by atoms with E-state index in [-0.39, 0.29) is 11.8 Å². The number of amides is 1. The quantitative estimate of drug-likeness (QED) is 0.901. The minimum absolute atomic E-state index is 0.0856. The van der Waals surface area contributed by atoms with Crippen molar-refractivity contribution in [2.45, 2.75) is 19.4 Å². The van der Waals surface area contributed by atoms with Crippen LogP contribution in [0.1, 0.15) is 18.4 Å². The molecule has 1 amide bonds. The fourth-order valence-corrected chi connectivity index (χ4v) is 2.59. The average Bonchev–Trinajstić information content (AvgIpc) is 3.03. The molecule has 1 aromatic heterocycles. The molecule has 3 rings (SSSR count). The number of hydrogen-bond acceptors (Lipinski definition) is 3. The third-order valence-corrected chi connectivity index (χ3v) is 3.79. The highest BCUT2D eigenvalue weighted by atomic mass is 16.1. The Bertz CT molecular complexity index is 571. The zero-order chi connectivity index (χ0) is 14.5. The van der Waals surface area contributed by atoms with Crippen molar-refractivity contribution in [3.63, 3.8) is 0 Å². The Labute approximate surface area is 124 Å². The molecular weight excluding hydrogens is 264 g/mol. The van der Waals surface area contributed by atoms with Gasteiger partial charge >= 0.3 is 0 Å². The number of hydrogen-bond donors (Lipinski definition) is 2. The summed E-state index contributed by atoms with van der Waals surface area (Å²) in [6.07, 6.45) is 5.75. The Morgan fingerprint density at radius 3 is 2.90 bits per heavy atom. The number of piperidine rings is 1. The molecule has 0 bridgehead atoms. The van der Waals surface area contributed by atoms with Crippen LogP contribution >= 0.6 is 0 Å². The van der Waals surface area contributed by atoms with E-state index in [4.69, 9.17) is 0 Å². The maximum Gasteiger partial charge on any atom is 0.228 e. The van der Waals surface area contributed by atoms with Gasteiger partial charge in [-0.15, -0.1) is 0 Å². The van der Waals surface area contributed by atoms with Gasteiger partial charge in [-0.25, -0.2) is 0 Å². The number of anilines is 1. The fourth-order valence-electron chi connectivity index (χ4n) is 2.59. The summed E-state index contributed by atoms with van der Waals surface area (Å²) in [5, 5.41) is 10.4. The van der Waals surface area contributed by atoms with E-state index in [0.717, 1.165) is 43.7 Å². The van der Waals surface area contributed by atoms with Crippen molar-refractivity contribution in [2.24, 2.45) is 5.92 Å². The Kier molecular flexibility index (Phi) is 4.31. The van der Waals surface area contributed by atoms with Crippen molar-refractivity contribution in [3.05, 3.63) is 48.3 Å². The summed E-state index contributed by atoms with van der Waals surface area (Å²) in [5.41, 5.74) is 2.02. The second-order valence-corrected chi connectivity index (χ2v) is 5.43. The monoisotopic (exact) mass is 284 g/mol. The lowest BCUT2D eigenvalue weighted by Gasteiger charge is -2.21. The average molecular weight is 284 g/mol. The van der Waals surface area contributed by atoms with Crippen LogP contribution in [0.4, 0.5) is 5.69 Å². The van der Waals surface area contributed by atoms with Crippen molar-refractivity contribution in [2.75, 3.05) is 18.4 Å². The number of rotatable bonds is 4. The second kappa shape index (κ2) is 6.54. The van der Waals surface area contributed by atoms with Crippen molar-refractivity contribution in [1.29, 1.82) is 0 Å². The molecule has 110 valence electrons. The number of carbonyl (C=O) groups excluding carboxylic acids is 1. The van der Waals surface area contributed by atoms with E-state index in [0.29, 0.717) is 0 Å². The number of aromatic nitrogens is 2. The van der Waals surface area contributed by atoms with Gasteiger partial charge in [-0.1, -0.05) is 12.1 Å². The Hall–Kier alpha value is -2.14. The summed E-state index contributed by atoms with van der Waals surface area (Å²) in [4.78, 5) is 12.1. The lowest BCUT2D eigenvalue weighted by Crippen LogP contribution is -2.37. The van der Waals surface area contributed by atoms with Gasteiger partial charge in [-0.05, 0) is 43.1 Å². The SMILES string of the molecule is O=C(Nc1ccc(Cn2cccn2)cc1)[C@H]1CCCNC1. The predicted molar refractivity (Wildman–Crippen MR) is 82.0 cm³/mol. The first-order valence-corrected chi connectivity index (χ1v) is 7.39. The summed E-state index contributed by atoms with van der Waals surface area (Å²) >= 11 is 0. The minimum Gasteiger partial charge on any atom is -0.326 e. The molecule has 2 aromatic rings. The minimum atomic E-state index is 0.0856. The highest BCUT2D eigenvalue weighted by Gasteiger charge is 2.20. The molecule has 1 aromatic carbocycles. The Morgan fingerprint density at radius 2 is 2.24 bits per heavy atom. The molecule has 2 N–H and O–H groups in total. The van der Waals surface area contributed by atoms with E-state index >= 15 is 0 Å². The van der Waals surface area contributed by atoms with E-state index in [1.165, 1.54) is 0 Å². The van der Waals surface area contributed by atoms with Crippen LogP contribution in [0.2, 0.25) is 0 Å². The van der Waals surface area contributed by atoms with Gasteiger partial charge in [0.05, 0.1) is 12.5 Å². The van der Waals surface area contributed by atoms with Crippen molar-refractivity contribution < 1.29 is 4.79 Å². The van der Waals surface area contributed by atoms with Gasteiger partial charge in [0, 0.05) is 24.6 Å². The van der Waals surface area contributed by atoms with Gasteiger partial charge in [0.25, 0.3) is 0 Å². The van der Waals surface area contributed by atoms with Crippen LogP contribution < -0.4 is 10.6 Å². The van der Waals surface area contributed by atoms with E-state index in [1.807, 2.05) is 41.2 Å². The fraction of sp³-hybridized carbons (Fsp3) is 0.375. The molecule has 21 heavy (non-hydrogen) atoms. The van der Waals surface area contributed by atoms with Gasteiger partial charge in [0.1, 0.15) is 0 Å². The van der Waals surface area contributed by atoms with Crippen molar-refractivity contribution in [3.8, 4) is 0 Å². The third-order valence-electron chi connectivity index (χ3n) is 3.79. The molecular formula is C16H20N4O. The van der Waals surface area contributed by atoms with Crippen LogP contribution in [0.5, 0.6) is 0 Å². The summed E-state index contributed by atoms with van der Waals surface area (Å²) in [5.74, 6) is 0.199. The smallest absolute Gasteiger partial charge is 0.228 e. The van der Waals surface area contributed by atoms with Crippen LogP contribution in [0.15, 0.2) is 42.7 Å². The normalized spacial score (nSPS) is 18.4. The largest absolute Gasteiger partial charge is 0.326 e. The van der Waals surface area contributed by atoms with Crippen LogP contribution in [0.3, 0.4) is 0 Å². The predicted octanol–water partition coefficient (Wildman–Crippen LogP) is 1.87. The van der Waals surface area contributed by atoms with Gasteiger partial charge in [0.15, 0.2) is 0 Å². The molecule has 0 unspecified atom stereocenters. The molecule has 1 fully saturated rings. The number of benzene rings is 1. The molecule has 5 heteroatoms. The molecule has 1 atom stereocenters. The van der Waals surface area contributed by atoms with Crippen LogP contribution in [0, 0.1) is 5.92 Å². The zero-order valence-corrected chi connectivity index (χ0v) is 12.0. The summed E-state index contributed by atoms with van der Waals surface area (Å²) in [7, 11) is 0. The molecule has 0 spiro atoms. The summed E-state index contributed by atoms with van der Waals surface area (Å²) < 4.78 is 1.88. The van der Waals surface area contributed by atoms with Crippen LogP contribution in [0.25, 0.3) is 0 Å². The lowest BCUT2D eigenvalue weighted by molar-refractivity contribution is -0.120. The number of nitrogens with one attached hydrogen (secondary N) is 2. The van der Waals surface area contributed by atoms with E-state index in [2.05, 4.69) is 15.7 Å². The highest BCUT2D eigenvalue weighted by Crippen LogP contribution is 2.15. The van der Waals surface area contributed by atoms with Gasteiger partial charge in [-0.2, -0.15) is 5.10 Å². The van der Waals surface area contributed by atoms with Crippen molar-refractivity contribution >= 4 is 11.6 Å². The first-order valence-electron chi connectivity index (χ1n) is 7.39. The number of nitrogens with zero attached hydrogens (tertiary/aromatic N) is 2. The molecule has 1 saturated heterocycles. The van der Waals surface area contributed by atoms with E-state index < -0.39 is 0 Å². The summed E-state index contributed by atoms with van der Waals surface area (Å²) in [6.45, 7) is 2.54. The first kappa shape index (κ1) is 13.8. The maximum atomic E-state index is 12.1. The van der Waals surface area contributed by atoms with Crippen LogP contribution in [-0.4, -0.2) is 28.8 Å². The molecule has 1 aliphatic rings. The molecule has 1 aliphatic heterocycles. The van der Waals surface area contributed by atoms with E-state index in [9.17, 15) is 4.79 Å². The first-order chi connectivity index (χ1) is 10.3. The molecule has 0 aliphatic carbocycles. The Balaban J connectivity index is 1.57. The van der Waals surface area contributed by atoms with Crippen LogP contribution in [-0.2, 0) is 11.3 Å². The standard InChI is InChI=1S/C16H20N4O/c21-16(14-3-1-8-17-11-14)19-15-6-4-13(5-7-15)12-20-10-2-9-18-20/h2,4-7,9-10,14,17H,1,3,8,11-12H2,(H,19,21)/t14-/m0/s1. The molecule has 0 saturated carbocycles. The van der Waals surface area contributed by atoms with Gasteiger partial charge < -0.3 is 10.6 Å². The topological polar surface area (TPSA) is 59.0 Å². The maximum absolute atomic E-state index is 12.1. The molecule has 2 heterocycles. The number of carbonyl (C=O) groups is 1.